The number of carbonyl (C=O) groups excluding carboxylic acids is 2. The van der Waals surface area contributed by atoms with E-state index in [-0.39, 0.29) is 11.4 Å². The van der Waals surface area contributed by atoms with Crippen LogP contribution in [0.2, 0.25) is 20.1 Å². The number of hydrogen-bond acceptors (Lipinski definition) is 2. The van der Waals surface area contributed by atoms with Gasteiger partial charge in [0.15, 0.2) is 0 Å². The van der Waals surface area contributed by atoms with Gasteiger partial charge in [-0.2, -0.15) is 0 Å². The molecule has 0 aromatic heterocycles. The van der Waals surface area contributed by atoms with E-state index in [2.05, 4.69) is 10.6 Å². The van der Waals surface area contributed by atoms with E-state index in [0.717, 1.165) is 0 Å². The highest BCUT2D eigenvalue weighted by Crippen LogP contribution is 2.26. The molecule has 0 atom stereocenters. The Labute approximate surface area is 152 Å². The van der Waals surface area contributed by atoms with Gasteiger partial charge >= 0.3 is 0 Å². The fourth-order valence-corrected chi connectivity index (χ4v) is 2.46. The summed E-state index contributed by atoms with van der Waals surface area (Å²) < 4.78 is 0. The van der Waals surface area contributed by atoms with E-state index < -0.39 is 11.8 Å². The third-order valence-corrected chi connectivity index (χ3v) is 4.02. The van der Waals surface area contributed by atoms with Crippen LogP contribution in [0.1, 0.15) is 6.42 Å². The molecule has 0 bridgehead atoms. The third-order valence-electron chi connectivity index (χ3n) is 2.73. The minimum atomic E-state index is -0.508. The van der Waals surface area contributed by atoms with Crippen molar-refractivity contribution in [1.29, 1.82) is 0 Å². The first kappa shape index (κ1) is 17.9. The predicted octanol–water partition coefficient (Wildman–Crippen LogP) is 5.27. The molecule has 0 spiro atoms. The molecule has 0 aliphatic rings. The van der Waals surface area contributed by atoms with Crippen molar-refractivity contribution in [1.82, 2.24) is 0 Å². The molecule has 0 fully saturated rings. The van der Waals surface area contributed by atoms with E-state index in [0.29, 0.717) is 26.4 Å². The molecule has 0 saturated heterocycles. The second-order valence-corrected chi connectivity index (χ2v) is 6.18. The van der Waals surface area contributed by atoms with Crippen LogP contribution in [-0.2, 0) is 9.59 Å². The SMILES string of the molecule is O=C(CC(=O)Nc1ccc(Cl)cc1Cl)Nc1ccc(Cl)c(Cl)c1. The zero-order valence-corrected chi connectivity index (χ0v) is 14.5. The molecular formula is C15H10Cl4N2O2. The van der Waals surface area contributed by atoms with Gasteiger partial charge in [0.1, 0.15) is 6.42 Å². The van der Waals surface area contributed by atoms with Crippen LogP contribution in [-0.4, -0.2) is 11.8 Å². The first-order chi connectivity index (χ1) is 10.8. The fraction of sp³-hybridized carbons (Fsp3) is 0.0667. The number of amides is 2. The van der Waals surface area contributed by atoms with E-state index in [4.69, 9.17) is 46.4 Å². The summed E-state index contributed by atoms with van der Waals surface area (Å²) >= 11 is 23.4. The second-order valence-electron chi connectivity index (χ2n) is 4.53. The largest absolute Gasteiger partial charge is 0.326 e. The summed E-state index contributed by atoms with van der Waals surface area (Å²) in [6.07, 6.45) is -0.376. The standard InChI is InChI=1S/C15H10Cl4N2O2/c16-8-1-4-13(12(19)5-8)21-15(23)7-14(22)20-9-2-3-10(17)11(18)6-9/h1-6H,7H2,(H,20,22)(H,21,23). The Morgan fingerprint density at radius 2 is 1.48 bits per heavy atom. The van der Waals surface area contributed by atoms with Crippen molar-refractivity contribution in [2.45, 2.75) is 6.42 Å². The normalized spacial score (nSPS) is 10.3. The topological polar surface area (TPSA) is 58.2 Å². The van der Waals surface area contributed by atoms with Gasteiger partial charge in [0.25, 0.3) is 0 Å². The third kappa shape index (κ3) is 5.29. The van der Waals surface area contributed by atoms with Crippen molar-refractivity contribution in [3.63, 3.8) is 0 Å². The number of rotatable bonds is 4. The molecule has 0 aliphatic carbocycles. The summed E-state index contributed by atoms with van der Waals surface area (Å²) in [6, 6.07) is 9.26. The lowest BCUT2D eigenvalue weighted by Gasteiger charge is -2.08. The maximum atomic E-state index is 11.9. The zero-order valence-electron chi connectivity index (χ0n) is 11.5. The summed E-state index contributed by atoms with van der Waals surface area (Å²) in [7, 11) is 0. The Kier molecular flexibility index (Phi) is 6.13. The van der Waals surface area contributed by atoms with Gasteiger partial charge in [-0.3, -0.25) is 9.59 Å². The quantitative estimate of drug-likeness (QED) is 0.697. The molecule has 0 radical (unpaired) electrons. The van der Waals surface area contributed by atoms with Crippen LogP contribution in [0, 0.1) is 0 Å². The maximum Gasteiger partial charge on any atom is 0.233 e. The zero-order chi connectivity index (χ0) is 17.0. The Balaban J connectivity index is 1.94. The van der Waals surface area contributed by atoms with Crippen molar-refractivity contribution in [3.8, 4) is 0 Å². The van der Waals surface area contributed by atoms with Gasteiger partial charge in [-0.1, -0.05) is 46.4 Å². The number of anilines is 2. The van der Waals surface area contributed by atoms with Crippen molar-refractivity contribution in [2.24, 2.45) is 0 Å². The predicted molar refractivity (Wildman–Crippen MR) is 94.8 cm³/mol. The van der Waals surface area contributed by atoms with Gasteiger partial charge in [0.2, 0.25) is 11.8 Å². The van der Waals surface area contributed by atoms with Crippen LogP contribution in [0.3, 0.4) is 0 Å². The molecule has 2 N–H and O–H groups in total. The highest BCUT2D eigenvalue weighted by Gasteiger charge is 2.12. The van der Waals surface area contributed by atoms with Gasteiger partial charge in [0, 0.05) is 10.7 Å². The molecule has 2 rings (SSSR count). The molecule has 0 saturated carbocycles. The first-order valence-electron chi connectivity index (χ1n) is 6.35. The van der Waals surface area contributed by atoms with Crippen LogP contribution in [0.15, 0.2) is 36.4 Å². The van der Waals surface area contributed by atoms with E-state index >= 15 is 0 Å². The molecule has 2 aromatic carbocycles. The molecule has 2 aromatic rings. The highest BCUT2D eigenvalue weighted by molar-refractivity contribution is 6.42. The molecule has 0 unspecified atom stereocenters. The summed E-state index contributed by atoms with van der Waals surface area (Å²) in [5, 5.41) is 6.51. The average molecular weight is 392 g/mol. The Bertz CT molecular complexity index is 765. The number of nitrogens with one attached hydrogen (secondary N) is 2. The van der Waals surface area contributed by atoms with E-state index in [1.54, 1.807) is 24.3 Å². The van der Waals surface area contributed by atoms with Crippen LogP contribution in [0.25, 0.3) is 0 Å². The molecule has 4 nitrogen and oxygen atoms in total. The lowest BCUT2D eigenvalue weighted by Crippen LogP contribution is -2.21. The summed E-state index contributed by atoms with van der Waals surface area (Å²) in [6.45, 7) is 0. The lowest BCUT2D eigenvalue weighted by atomic mass is 10.2. The van der Waals surface area contributed by atoms with Crippen LogP contribution in [0.5, 0.6) is 0 Å². The minimum Gasteiger partial charge on any atom is -0.326 e. The molecule has 0 heterocycles. The lowest BCUT2D eigenvalue weighted by molar-refractivity contribution is -0.123. The highest BCUT2D eigenvalue weighted by atomic mass is 35.5. The van der Waals surface area contributed by atoms with Crippen molar-refractivity contribution >= 4 is 69.6 Å². The maximum absolute atomic E-state index is 11.9. The smallest absolute Gasteiger partial charge is 0.233 e. The van der Waals surface area contributed by atoms with Crippen LogP contribution >= 0.6 is 46.4 Å². The number of carbonyl (C=O) groups is 2. The van der Waals surface area contributed by atoms with E-state index in [9.17, 15) is 9.59 Å². The van der Waals surface area contributed by atoms with Gasteiger partial charge in [0.05, 0.1) is 20.8 Å². The number of hydrogen-bond donors (Lipinski definition) is 2. The van der Waals surface area contributed by atoms with Crippen LogP contribution in [0.4, 0.5) is 11.4 Å². The Morgan fingerprint density at radius 1 is 0.783 bits per heavy atom. The van der Waals surface area contributed by atoms with Gasteiger partial charge in [-0.25, -0.2) is 0 Å². The van der Waals surface area contributed by atoms with Gasteiger partial charge < -0.3 is 10.6 Å². The Hall–Kier alpha value is -1.46. The Morgan fingerprint density at radius 3 is 2.13 bits per heavy atom. The fourth-order valence-electron chi connectivity index (χ4n) is 1.71. The molecule has 23 heavy (non-hydrogen) atoms. The van der Waals surface area contributed by atoms with Gasteiger partial charge in [-0.05, 0) is 36.4 Å². The van der Waals surface area contributed by atoms with E-state index in [1.807, 2.05) is 0 Å². The van der Waals surface area contributed by atoms with Crippen molar-refractivity contribution < 1.29 is 9.59 Å². The van der Waals surface area contributed by atoms with Gasteiger partial charge in [-0.15, -0.1) is 0 Å². The second kappa shape index (κ2) is 7.88. The monoisotopic (exact) mass is 390 g/mol. The summed E-state index contributed by atoms with van der Waals surface area (Å²) in [5.74, 6) is -1.00. The first-order valence-corrected chi connectivity index (χ1v) is 7.86. The molecule has 120 valence electrons. The summed E-state index contributed by atoms with van der Waals surface area (Å²) in [5.41, 5.74) is 0.824. The minimum absolute atomic E-state index is 0.288. The van der Waals surface area contributed by atoms with Crippen molar-refractivity contribution in [3.05, 3.63) is 56.5 Å². The summed E-state index contributed by atoms with van der Waals surface area (Å²) in [4.78, 5) is 23.7. The molecule has 8 heteroatoms. The van der Waals surface area contributed by atoms with Crippen LogP contribution < -0.4 is 10.6 Å². The molecular weight excluding hydrogens is 382 g/mol. The number of benzene rings is 2. The average Bonchev–Trinajstić information content (AvgIpc) is 2.46. The van der Waals surface area contributed by atoms with Crippen molar-refractivity contribution in [2.75, 3.05) is 10.6 Å². The molecule has 2 amide bonds. The van der Waals surface area contributed by atoms with E-state index in [1.165, 1.54) is 12.1 Å². The molecule has 0 aliphatic heterocycles. The number of halogens is 4.